The van der Waals surface area contributed by atoms with Crippen LogP contribution in [0.1, 0.15) is 24.9 Å². The zero-order valence-electron chi connectivity index (χ0n) is 10.7. The molecule has 1 aromatic rings. The Morgan fingerprint density at radius 3 is 2.94 bits per heavy atom. The molecule has 0 fully saturated rings. The van der Waals surface area contributed by atoms with E-state index in [9.17, 15) is 0 Å². The number of pyridine rings is 1. The molecule has 0 saturated carbocycles. The number of aromatic nitrogens is 1. The first-order valence-electron chi connectivity index (χ1n) is 6.04. The van der Waals surface area contributed by atoms with Gasteiger partial charge in [-0.25, -0.2) is 0 Å². The number of hydrogen-bond acceptors (Lipinski definition) is 4. The molecule has 0 aliphatic carbocycles. The number of rotatable bonds is 9. The van der Waals surface area contributed by atoms with E-state index in [2.05, 4.69) is 23.3 Å². The van der Waals surface area contributed by atoms with Crippen molar-refractivity contribution < 1.29 is 9.47 Å². The maximum absolute atomic E-state index is 5.46. The van der Waals surface area contributed by atoms with Gasteiger partial charge in [-0.15, -0.1) is 0 Å². The summed E-state index contributed by atoms with van der Waals surface area (Å²) in [7, 11) is 1.71. The second-order valence-corrected chi connectivity index (χ2v) is 3.92. The van der Waals surface area contributed by atoms with Crippen molar-refractivity contribution in [1.82, 2.24) is 10.3 Å². The standard InChI is InChI=1S/C13H22N2O2/c1-12(13-5-3-6-14-11-13)15-7-10-17-9-4-8-16-2/h3,5-6,11-12,15H,4,7-10H2,1-2H3/t12-/m0/s1. The molecular weight excluding hydrogens is 216 g/mol. The molecule has 0 aromatic carbocycles. The van der Waals surface area contributed by atoms with E-state index in [0.717, 1.165) is 32.8 Å². The van der Waals surface area contributed by atoms with E-state index in [4.69, 9.17) is 9.47 Å². The molecule has 1 atom stereocenters. The number of methoxy groups -OCH3 is 1. The highest BCUT2D eigenvalue weighted by Crippen LogP contribution is 2.08. The third-order valence-electron chi connectivity index (χ3n) is 2.52. The van der Waals surface area contributed by atoms with Gasteiger partial charge in [0.2, 0.25) is 0 Å². The van der Waals surface area contributed by atoms with Crippen molar-refractivity contribution in [2.24, 2.45) is 0 Å². The molecule has 0 aliphatic rings. The Bertz CT molecular complexity index is 280. The number of nitrogens with zero attached hydrogens (tertiary/aromatic N) is 1. The molecule has 0 amide bonds. The summed E-state index contributed by atoms with van der Waals surface area (Å²) < 4.78 is 10.4. The summed E-state index contributed by atoms with van der Waals surface area (Å²) >= 11 is 0. The van der Waals surface area contributed by atoms with E-state index in [0.29, 0.717) is 6.04 Å². The van der Waals surface area contributed by atoms with E-state index in [-0.39, 0.29) is 0 Å². The van der Waals surface area contributed by atoms with E-state index < -0.39 is 0 Å². The molecule has 1 aromatic heterocycles. The normalized spacial score (nSPS) is 12.6. The van der Waals surface area contributed by atoms with Gasteiger partial charge in [-0.3, -0.25) is 4.98 Å². The van der Waals surface area contributed by atoms with Crippen LogP contribution in [0.15, 0.2) is 24.5 Å². The topological polar surface area (TPSA) is 43.4 Å². The summed E-state index contributed by atoms with van der Waals surface area (Å²) in [5.41, 5.74) is 1.20. The molecule has 0 spiro atoms. The first kappa shape index (κ1) is 14.1. The monoisotopic (exact) mass is 238 g/mol. The van der Waals surface area contributed by atoms with Crippen molar-refractivity contribution >= 4 is 0 Å². The van der Waals surface area contributed by atoms with Crippen molar-refractivity contribution in [3.63, 3.8) is 0 Å². The molecule has 1 N–H and O–H groups in total. The van der Waals surface area contributed by atoms with Crippen LogP contribution < -0.4 is 5.32 Å². The molecule has 96 valence electrons. The summed E-state index contributed by atoms with van der Waals surface area (Å²) in [5.74, 6) is 0. The predicted molar refractivity (Wildman–Crippen MR) is 68.0 cm³/mol. The fraction of sp³-hybridized carbons (Fsp3) is 0.615. The van der Waals surface area contributed by atoms with Crippen LogP contribution in [-0.2, 0) is 9.47 Å². The Hall–Kier alpha value is -0.970. The van der Waals surface area contributed by atoms with Crippen molar-refractivity contribution in [3.05, 3.63) is 30.1 Å². The average Bonchev–Trinajstić information content (AvgIpc) is 2.38. The first-order chi connectivity index (χ1) is 8.34. The highest BCUT2D eigenvalue weighted by Gasteiger charge is 2.02. The third kappa shape index (κ3) is 6.36. The second-order valence-electron chi connectivity index (χ2n) is 3.92. The zero-order valence-corrected chi connectivity index (χ0v) is 10.7. The minimum Gasteiger partial charge on any atom is -0.385 e. The average molecular weight is 238 g/mol. The summed E-state index contributed by atoms with van der Waals surface area (Å²) in [6.45, 7) is 5.23. The van der Waals surface area contributed by atoms with Crippen LogP contribution in [-0.4, -0.2) is 38.5 Å². The highest BCUT2D eigenvalue weighted by atomic mass is 16.5. The van der Waals surface area contributed by atoms with Crippen LogP contribution in [0.3, 0.4) is 0 Å². The Morgan fingerprint density at radius 2 is 2.24 bits per heavy atom. The van der Waals surface area contributed by atoms with Gasteiger partial charge in [0.15, 0.2) is 0 Å². The van der Waals surface area contributed by atoms with Gasteiger partial charge in [-0.05, 0) is 25.0 Å². The molecule has 4 nitrogen and oxygen atoms in total. The summed E-state index contributed by atoms with van der Waals surface area (Å²) in [6, 6.07) is 4.34. The Morgan fingerprint density at radius 1 is 1.35 bits per heavy atom. The quantitative estimate of drug-likeness (QED) is 0.666. The summed E-state index contributed by atoms with van der Waals surface area (Å²) in [6.07, 6.45) is 4.63. The lowest BCUT2D eigenvalue weighted by atomic mass is 10.1. The molecule has 17 heavy (non-hydrogen) atoms. The molecule has 0 unspecified atom stereocenters. The first-order valence-corrected chi connectivity index (χ1v) is 6.04. The van der Waals surface area contributed by atoms with Crippen LogP contribution in [0.4, 0.5) is 0 Å². The third-order valence-corrected chi connectivity index (χ3v) is 2.52. The van der Waals surface area contributed by atoms with Crippen molar-refractivity contribution in [3.8, 4) is 0 Å². The number of ether oxygens (including phenoxy) is 2. The van der Waals surface area contributed by atoms with Crippen LogP contribution in [0.25, 0.3) is 0 Å². The van der Waals surface area contributed by atoms with E-state index in [1.807, 2.05) is 12.3 Å². The lowest BCUT2D eigenvalue weighted by molar-refractivity contribution is 0.103. The number of nitrogens with one attached hydrogen (secondary N) is 1. The van der Waals surface area contributed by atoms with Gasteiger partial charge in [0.25, 0.3) is 0 Å². The summed E-state index contributed by atoms with van der Waals surface area (Å²) in [4.78, 5) is 4.10. The molecule has 0 saturated heterocycles. The fourth-order valence-corrected chi connectivity index (χ4v) is 1.50. The zero-order chi connectivity index (χ0) is 12.3. The lowest BCUT2D eigenvalue weighted by Gasteiger charge is -2.13. The van der Waals surface area contributed by atoms with Gasteiger partial charge in [-0.1, -0.05) is 6.07 Å². The minimum atomic E-state index is 0.311. The van der Waals surface area contributed by atoms with Crippen LogP contribution >= 0.6 is 0 Å². The van der Waals surface area contributed by atoms with E-state index >= 15 is 0 Å². The lowest BCUT2D eigenvalue weighted by Crippen LogP contribution is -2.23. The SMILES string of the molecule is COCCCOCCN[C@@H](C)c1cccnc1. The van der Waals surface area contributed by atoms with Crippen molar-refractivity contribution in [2.45, 2.75) is 19.4 Å². The Labute approximate surface area is 103 Å². The van der Waals surface area contributed by atoms with Gasteiger partial charge < -0.3 is 14.8 Å². The predicted octanol–water partition coefficient (Wildman–Crippen LogP) is 1.79. The second kappa shape index (κ2) is 9.10. The molecule has 1 heterocycles. The smallest absolute Gasteiger partial charge is 0.0591 e. The molecule has 0 radical (unpaired) electrons. The van der Waals surface area contributed by atoms with E-state index in [1.54, 1.807) is 13.3 Å². The molecule has 4 heteroatoms. The minimum absolute atomic E-state index is 0.311. The highest BCUT2D eigenvalue weighted by molar-refractivity contribution is 5.12. The van der Waals surface area contributed by atoms with Crippen molar-refractivity contribution in [2.75, 3.05) is 33.5 Å². The summed E-state index contributed by atoms with van der Waals surface area (Å²) in [5, 5.41) is 3.39. The number of hydrogen-bond donors (Lipinski definition) is 1. The largest absolute Gasteiger partial charge is 0.385 e. The molecule has 0 bridgehead atoms. The Kier molecular flexibility index (Phi) is 7.54. The maximum Gasteiger partial charge on any atom is 0.0591 e. The maximum atomic E-state index is 5.46. The van der Waals surface area contributed by atoms with Crippen molar-refractivity contribution in [1.29, 1.82) is 0 Å². The van der Waals surface area contributed by atoms with Gasteiger partial charge in [0, 0.05) is 45.3 Å². The van der Waals surface area contributed by atoms with Crippen LogP contribution in [0, 0.1) is 0 Å². The fourth-order valence-electron chi connectivity index (χ4n) is 1.50. The molecular formula is C13H22N2O2. The van der Waals surface area contributed by atoms with Crippen LogP contribution in [0.2, 0.25) is 0 Å². The Balaban J connectivity index is 2.03. The van der Waals surface area contributed by atoms with E-state index in [1.165, 1.54) is 5.56 Å². The van der Waals surface area contributed by atoms with Crippen LogP contribution in [0.5, 0.6) is 0 Å². The molecule has 0 aliphatic heterocycles. The van der Waals surface area contributed by atoms with Gasteiger partial charge in [0.05, 0.1) is 6.61 Å². The van der Waals surface area contributed by atoms with Gasteiger partial charge in [0.1, 0.15) is 0 Å². The van der Waals surface area contributed by atoms with Gasteiger partial charge in [-0.2, -0.15) is 0 Å². The van der Waals surface area contributed by atoms with Gasteiger partial charge >= 0.3 is 0 Å². The molecule has 1 rings (SSSR count).